The molecule has 1 atom stereocenters. The third-order valence-electron chi connectivity index (χ3n) is 2.65. The maximum Gasteiger partial charge on any atom is 0.222 e. The van der Waals surface area contributed by atoms with Gasteiger partial charge in [-0.05, 0) is 38.6 Å². The van der Waals surface area contributed by atoms with Crippen molar-refractivity contribution in [3.05, 3.63) is 0 Å². The van der Waals surface area contributed by atoms with Crippen LogP contribution in [0.15, 0.2) is 0 Å². The van der Waals surface area contributed by atoms with Gasteiger partial charge in [-0.3, -0.25) is 4.79 Å². The molecule has 0 bridgehead atoms. The number of aliphatic hydroxyl groups is 1. The minimum atomic E-state index is -0.847. The largest absolute Gasteiger partial charge is 0.389 e. The lowest BCUT2D eigenvalue weighted by Crippen LogP contribution is -2.40. The van der Waals surface area contributed by atoms with Crippen LogP contribution in [0.3, 0.4) is 0 Å². The number of rotatable bonds is 7. The van der Waals surface area contributed by atoms with Crippen molar-refractivity contribution in [1.82, 2.24) is 4.90 Å². The molecule has 3 N–H and O–H groups in total. The van der Waals surface area contributed by atoms with E-state index in [-0.39, 0.29) is 11.8 Å². The van der Waals surface area contributed by atoms with Crippen molar-refractivity contribution in [2.75, 3.05) is 20.1 Å². The molecule has 102 valence electrons. The van der Waals surface area contributed by atoms with Gasteiger partial charge >= 0.3 is 0 Å². The molecule has 0 spiro atoms. The van der Waals surface area contributed by atoms with Gasteiger partial charge in [0.05, 0.1) is 5.60 Å². The van der Waals surface area contributed by atoms with Crippen molar-refractivity contribution < 1.29 is 9.90 Å². The lowest BCUT2D eigenvalue weighted by atomic mass is 9.93. The number of carbonyl (C=O) groups is 1. The Balaban J connectivity index is 4.22. The molecule has 0 aliphatic carbocycles. The number of amides is 1. The molecule has 1 amide bonds. The molecule has 0 aromatic carbocycles. The zero-order chi connectivity index (χ0) is 13.6. The van der Waals surface area contributed by atoms with Crippen LogP contribution in [0.25, 0.3) is 0 Å². The van der Waals surface area contributed by atoms with Gasteiger partial charge in [0.1, 0.15) is 0 Å². The standard InChI is InChI=1S/C13H28N2O2/c1-10(2)6-11(8-14)7-12(16)15(5)9-13(3,4)17/h10-11,17H,6-9,14H2,1-5H3/t11-/m0/s1. The smallest absolute Gasteiger partial charge is 0.222 e. The molecule has 0 aliphatic rings. The number of nitrogens with zero attached hydrogens (tertiary/aromatic N) is 1. The Labute approximate surface area is 105 Å². The van der Waals surface area contributed by atoms with Crippen molar-refractivity contribution in [2.24, 2.45) is 17.6 Å². The quantitative estimate of drug-likeness (QED) is 0.708. The van der Waals surface area contributed by atoms with Crippen LogP contribution >= 0.6 is 0 Å². The SMILES string of the molecule is CC(C)C[C@H](CN)CC(=O)N(C)CC(C)(C)O. The molecule has 0 fully saturated rings. The Morgan fingerprint density at radius 2 is 1.94 bits per heavy atom. The summed E-state index contributed by atoms with van der Waals surface area (Å²) in [6.07, 6.45) is 1.44. The molecular weight excluding hydrogens is 216 g/mol. The molecule has 4 heteroatoms. The molecule has 0 unspecified atom stereocenters. The summed E-state index contributed by atoms with van der Waals surface area (Å²) < 4.78 is 0. The van der Waals surface area contributed by atoms with Gasteiger partial charge in [-0.25, -0.2) is 0 Å². The van der Waals surface area contributed by atoms with Crippen LogP contribution < -0.4 is 5.73 Å². The van der Waals surface area contributed by atoms with Gasteiger partial charge in [0, 0.05) is 20.0 Å². The van der Waals surface area contributed by atoms with Crippen LogP contribution in [0.1, 0.15) is 40.5 Å². The van der Waals surface area contributed by atoms with E-state index in [4.69, 9.17) is 5.73 Å². The first-order valence-corrected chi connectivity index (χ1v) is 6.32. The van der Waals surface area contributed by atoms with Crippen molar-refractivity contribution in [2.45, 2.75) is 46.1 Å². The normalized spacial score (nSPS) is 13.9. The monoisotopic (exact) mass is 244 g/mol. The van der Waals surface area contributed by atoms with Crippen LogP contribution in [-0.4, -0.2) is 41.7 Å². The molecule has 0 saturated heterocycles. The first-order valence-electron chi connectivity index (χ1n) is 6.32. The highest BCUT2D eigenvalue weighted by Crippen LogP contribution is 2.16. The Morgan fingerprint density at radius 1 is 1.41 bits per heavy atom. The highest BCUT2D eigenvalue weighted by Gasteiger charge is 2.21. The molecule has 4 nitrogen and oxygen atoms in total. The van der Waals surface area contributed by atoms with Gasteiger partial charge in [-0.1, -0.05) is 13.8 Å². The number of nitrogens with two attached hydrogens (primary N) is 1. The van der Waals surface area contributed by atoms with Crippen LogP contribution in [0.5, 0.6) is 0 Å². The zero-order valence-corrected chi connectivity index (χ0v) is 11.9. The second-order valence-electron chi connectivity index (χ2n) is 6.00. The highest BCUT2D eigenvalue weighted by molar-refractivity contribution is 5.76. The molecule has 0 radical (unpaired) electrons. The number of hydrogen-bond acceptors (Lipinski definition) is 3. The number of likely N-dealkylation sites (N-methyl/N-ethyl adjacent to an activating group) is 1. The van der Waals surface area contributed by atoms with Gasteiger partial charge in [0.15, 0.2) is 0 Å². The van der Waals surface area contributed by atoms with Gasteiger partial charge in [0.25, 0.3) is 0 Å². The predicted octanol–water partition coefficient (Wildman–Crippen LogP) is 1.23. The molecule has 0 aliphatic heterocycles. The summed E-state index contributed by atoms with van der Waals surface area (Å²) in [5.41, 5.74) is 4.83. The van der Waals surface area contributed by atoms with Gasteiger partial charge in [-0.15, -0.1) is 0 Å². The third-order valence-corrected chi connectivity index (χ3v) is 2.65. The lowest BCUT2D eigenvalue weighted by molar-refractivity contribution is -0.133. The molecule has 0 aromatic heterocycles. The molecule has 0 aromatic rings. The molecule has 17 heavy (non-hydrogen) atoms. The lowest BCUT2D eigenvalue weighted by Gasteiger charge is -2.27. The second kappa shape index (κ2) is 6.97. The average molecular weight is 244 g/mol. The molecular formula is C13H28N2O2. The van der Waals surface area contributed by atoms with Crippen LogP contribution in [-0.2, 0) is 4.79 Å². The van der Waals surface area contributed by atoms with E-state index < -0.39 is 5.60 Å². The average Bonchev–Trinajstić information content (AvgIpc) is 2.13. The summed E-state index contributed by atoms with van der Waals surface area (Å²) in [6.45, 7) is 8.56. The summed E-state index contributed by atoms with van der Waals surface area (Å²) >= 11 is 0. The van der Waals surface area contributed by atoms with E-state index in [1.54, 1.807) is 25.8 Å². The highest BCUT2D eigenvalue weighted by atomic mass is 16.3. The summed E-state index contributed by atoms with van der Waals surface area (Å²) in [5.74, 6) is 0.853. The van der Waals surface area contributed by atoms with E-state index in [9.17, 15) is 9.90 Å². The summed E-state index contributed by atoms with van der Waals surface area (Å²) in [6, 6.07) is 0. The van der Waals surface area contributed by atoms with Crippen LogP contribution in [0.2, 0.25) is 0 Å². The third kappa shape index (κ3) is 8.16. The van der Waals surface area contributed by atoms with E-state index in [0.29, 0.717) is 25.4 Å². The van der Waals surface area contributed by atoms with Crippen molar-refractivity contribution in [3.8, 4) is 0 Å². The van der Waals surface area contributed by atoms with Gasteiger partial charge in [-0.2, -0.15) is 0 Å². The Kier molecular flexibility index (Phi) is 6.72. The second-order valence-corrected chi connectivity index (χ2v) is 6.00. The summed E-state index contributed by atoms with van der Waals surface area (Å²) in [5, 5.41) is 9.66. The number of hydrogen-bond donors (Lipinski definition) is 2. The van der Waals surface area contributed by atoms with Crippen molar-refractivity contribution in [3.63, 3.8) is 0 Å². The van der Waals surface area contributed by atoms with Gasteiger partial charge < -0.3 is 15.7 Å². The summed E-state index contributed by atoms with van der Waals surface area (Å²) in [7, 11) is 1.73. The van der Waals surface area contributed by atoms with Crippen molar-refractivity contribution in [1.29, 1.82) is 0 Å². The fourth-order valence-electron chi connectivity index (χ4n) is 2.00. The molecule has 0 rings (SSSR count). The Morgan fingerprint density at radius 3 is 2.29 bits per heavy atom. The first-order chi connectivity index (χ1) is 7.65. The van der Waals surface area contributed by atoms with E-state index in [0.717, 1.165) is 6.42 Å². The first kappa shape index (κ1) is 16.4. The predicted molar refractivity (Wildman–Crippen MR) is 70.6 cm³/mol. The maximum atomic E-state index is 11.9. The molecule has 0 heterocycles. The van der Waals surface area contributed by atoms with E-state index in [2.05, 4.69) is 13.8 Å². The topological polar surface area (TPSA) is 66.6 Å². The fraction of sp³-hybridized carbons (Fsp3) is 0.923. The van der Waals surface area contributed by atoms with E-state index in [1.807, 2.05) is 0 Å². The van der Waals surface area contributed by atoms with Crippen LogP contribution in [0.4, 0.5) is 0 Å². The van der Waals surface area contributed by atoms with Crippen LogP contribution in [0, 0.1) is 11.8 Å². The fourth-order valence-corrected chi connectivity index (χ4v) is 2.00. The Bertz CT molecular complexity index is 234. The zero-order valence-electron chi connectivity index (χ0n) is 11.9. The van der Waals surface area contributed by atoms with Crippen molar-refractivity contribution >= 4 is 5.91 Å². The maximum absolute atomic E-state index is 11.9. The Hall–Kier alpha value is -0.610. The van der Waals surface area contributed by atoms with E-state index >= 15 is 0 Å². The van der Waals surface area contributed by atoms with E-state index in [1.165, 1.54) is 0 Å². The van der Waals surface area contributed by atoms with Gasteiger partial charge in [0.2, 0.25) is 5.91 Å². The summed E-state index contributed by atoms with van der Waals surface area (Å²) in [4.78, 5) is 13.5. The minimum Gasteiger partial charge on any atom is -0.389 e. The minimum absolute atomic E-state index is 0.0585. The number of carbonyl (C=O) groups excluding carboxylic acids is 1. The molecule has 0 saturated carbocycles.